The van der Waals surface area contributed by atoms with E-state index in [1.54, 1.807) is 6.20 Å². The monoisotopic (exact) mass is 419 g/mol. The number of aromatic nitrogens is 1. The topological polar surface area (TPSA) is 59.2 Å². The summed E-state index contributed by atoms with van der Waals surface area (Å²) in [5.74, 6) is -0.691. The van der Waals surface area contributed by atoms with E-state index in [-0.39, 0.29) is 12.2 Å². The Balaban J connectivity index is 1.46. The first-order chi connectivity index (χ1) is 15.7. The molecule has 0 aliphatic heterocycles. The van der Waals surface area contributed by atoms with E-state index in [1.807, 2.05) is 97.1 Å². The molecule has 4 aromatic carbocycles. The van der Waals surface area contributed by atoms with Crippen LogP contribution in [0.3, 0.4) is 0 Å². The first-order valence-electron chi connectivity index (χ1n) is 10.5. The van der Waals surface area contributed by atoms with Gasteiger partial charge in [0.05, 0.1) is 6.42 Å². The van der Waals surface area contributed by atoms with E-state index in [0.29, 0.717) is 11.1 Å². The molecule has 0 fully saturated rings. The highest BCUT2D eigenvalue weighted by molar-refractivity contribution is 6.10. The lowest BCUT2D eigenvalue weighted by Crippen LogP contribution is -2.21. The van der Waals surface area contributed by atoms with Gasteiger partial charge in [-0.1, -0.05) is 91.0 Å². The number of hydrogen-bond donors (Lipinski definition) is 1. The number of ketones is 1. The molecule has 0 aliphatic rings. The van der Waals surface area contributed by atoms with Crippen LogP contribution in [-0.4, -0.2) is 16.7 Å². The van der Waals surface area contributed by atoms with Gasteiger partial charge in [-0.15, -0.1) is 0 Å². The molecule has 0 aliphatic carbocycles. The molecule has 4 nitrogen and oxygen atoms in total. The molecule has 0 saturated heterocycles. The molecule has 0 radical (unpaired) electrons. The van der Waals surface area contributed by atoms with Crippen LogP contribution in [0.15, 0.2) is 103 Å². The highest BCUT2D eigenvalue weighted by Gasteiger charge is 2.28. The predicted octanol–water partition coefficient (Wildman–Crippen LogP) is 6.03. The number of esters is 1. The predicted molar refractivity (Wildman–Crippen MR) is 126 cm³/mol. The van der Waals surface area contributed by atoms with Crippen LogP contribution >= 0.6 is 0 Å². The summed E-state index contributed by atoms with van der Waals surface area (Å²) < 4.78 is 5.82. The Bertz CT molecular complexity index is 1410. The van der Waals surface area contributed by atoms with Crippen molar-refractivity contribution in [3.8, 4) is 0 Å². The molecule has 32 heavy (non-hydrogen) atoms. The lowest BCUT2D eigenvalue weighted by Gasteiger charge is -2.17. The zero-order chi connectivity index (χ0) is 21.9. The number of nitrogens with one attached hydrogen (secondary N) is 1. The minimum atomic E-state index is -1.02. The molecule has 1 unspecified atom stereocenters. The van der Waals surface area contributed by atoms with Crippen LogP contribution in [0.5, 0.6) is 0 Å². The fraction of sp³-hybridized carbons (Fsp3) is 0.0714. The minimum absolute atomic E-state index is 0.0891. The van der Waals surface area contributed by atoms with Crippen LogP contribution < -0.4 is 0 Å². The first-order valence-corrected chi connectivity index (χ1v) is 10.5. The summed E-state index contributed by atoms with van der Waals surface area (Å²) in [4.78, 5) is 29.6. The van der Waals surface area contributed by atoms with Crippen LogP contribution in [-0.2, 0) is 16.0 Å². The Kier molecular flexibility index (Phi) is 5.26. The molecule has 0 spiro atoms. The molecular weight excluding hydrogens is 398 g/mol. The Morgan fingerprint density at radius 1 is 0.750 bits per heavy atom. The fourth-order valence-corrected chi connectivity index (χ4v) is 4.09. The minimum Gasteiger partial charge on any atom is -0.449 e. The summed E-state index contributed by atoms with van der Waals surface area (Å²) in [7, 11) is 0. The fourth-order valence-electron chi connectivity index (χ4n) is 4.09. The van der Waals surface area contributed by atoms with Crippen LogP contribution in [0.4, 0.5) is 0 Å². The lowest BCUT2D eigenvalue weighted by molar-refractivity contribution is -0.146. The second-order valence-electron chi connectivity index (χ2n) is 7.71. The zero-order valence-electron chi connectivity index (χ0n) is 17.3. The maximum atomic E-state index is 13.5. The largest absolute Gasteiger partial charge is 0.449 e. The van der Waals surface area contributed by atoms with Crippen molar-refractivity contribution in [2.75, 3.05) is 0 Å². The van der Waals surface area contributed by atoms with E-state index < -0.39 is 12.1 Å². The number of Topliss-reactive ketones (excluding diaryl/α,β-unsaturated/α-hetero) is 1. The van der Waals surface area contributed by atoms with Crippen molar-refractivity contribution in [3.63, 3.8) is 0 Å². The van der Waals surface area contributed by atoms with E-state index in [1.165, 1.54) is 0 Å². The maximum absolute atomic E-state index is 13.5. The zero-order valence-corrected chi connectivity index (χ0v) is 17.3. The van der Waals surface area contributed by atoms with Crippen LogP contribution in [0, 0.1) is 0 Å². The molecule has 1 atom stereocenters. The van der Waals surface area contributed by atoms with Crippen LogP contribution in [0.1, 0.15) is 27.6 Å². The van der Waals surface area contributed by atoms with Crippen molar-refractivity contribution in [3.05, 3.63) is 120 Å². The number of carbonyl (C=O) groups excluding carboxylic acids is 2. The smallest absolute Gasteiger partial charge is 0.311 e. The standard InChI is InChI=1S/C28H21NO3/c30-26(17-21-13-8-12-19-9-4-5-14-22(19)21)32-28(20-10-2-1-3-11-20)27(31)24-18-29-25-16-7-6-15-23(24)25/h1-16,18,28-29H,17H2. The van der Waals surface area contributed by atoms with Gasteiger partial charge in [0.25, 0.3) is 0 Å². The quantitative estimate of drug-likeness (QED) is 0.270. The second-order valence-corrected chi connectivity index (χ2v) is 7.71. The summed E-state index contributed by atoms with van der Waals surface area (Å²) in [5, 5.41) is 2.88. The molecule has 1 aromatic heterocycles. The van der Waals surface area contributed by atoms with E-state index in [0.717, 1.165) is 27.2 Å². The maximum Gasteiger partial charge on any atom is 0.311 e. The highest BCUT2D eigenvalue weighted by atomic mass is 16.5. The number of para-hydroxylation sites is 1. The Morgan fingerprint density at radius 2 is 1.44 bits per heavy atom. The van der Waals surface area contributed by atoms with Gasteiger partial charge in [-0.25, -0.2) is 0 Å². The summed E-state index contributed by atoms with van der Waals surface area (Å²) in [6.07, 6.45) is 0.755. The Labute approximate surface area is 185 Å². The number of rotatable bonds is 6. The van der Waals surface area contributed by atoms with E-state index in [2.05, 4.69) is 4.98 Å². The molecule has 0 amide bonds. The molecule has 5 aromatic rings. The average Bonchev–Trinajstić information content (AvgIpc) is 3.27. The summed E-state index contributed by atoms with van der Waals surface area (Å²) in [5.41, 5.74) is 2.89. The van der Waals surface area contributed by atoms with Crippen molar-refractivity contribution < 1.29 is 14.3 Å². The molecule has 0 bridgehead atoms. The van der Waals surface area contributed by atoms with E-state index in [9.17, 15) is 9.59 Å². The Hall–Kier alpha value is -4.18. The van der Waals surface area contributed by atoms with Crippen LogP contribution in [0.25, 0.3) is 21.7 Å². The van der Waals surface area contributed by atoms with Gasteiger partial charge in [-0.05, 0) is 22.4 Å². The summed E-state index contributed by atoms with van der Waals surface area (Å²) in [6.45, 7) is 0. The third-order valence-corrected chi connectivity index (χ3v) is 5.66. The average molecular weight is 419 g/mol. The van der Waals surface area contributed by atoms with Gasteiger partial charge in [0, 0.05) is 28.2 Å². The second kappa shape index (κ2) is 8.52. The van der Waals surface area contributed by atoms with Gasteiger partial charge < -0.3 is 9.72 Å². The molecule has 156 valence electrons. The number of fused-ring (bicyclic) bond motifs is 2. The van der Waals surface area contributed by atoms with Crippen molar-refractivity contribution in [2.45, 2.75) is 12.5 Å². The van der Waals surface area contributed by atoms with Crippen molar-refractivity contribution in [1.29, 1.82) is 0 Å². The van der Waals surface area contributed by atoms with Gasteiger partial charge in [0.15, 0.2) is 6.10 Å². The normalized spacial score (nSPS) is 12.0. The van der Waals surface area contributed by atoms with Gasteiger partial charge in [-0.3, -0.25) is 9.59 Å². The van der Waals surface area contributed by atoms with E-state index in [4.69, 9.17) is 4.74 Å². The molecule has 0 saturated carbocycles. The van der Waals surface area contributed by atoms with Gasteiger partial charge in [0.2, 0.25) is 5.78 Å². The third-order valence-electron chi connectivity index (χ3n) is 5.66. The number of carbonyl (C=O) groups is 2. The van der Waals surface area contributed by atoms with Gasteiger partial charge in [-0.2, -0.15) is 0 Å². The highest BCUT2D eigenvalue weighted by Crippen LogP contribution is 2.28. The van der Waals surface area contributed by atoms with E-state index >= 15 is 0 Å². The molecule has 5 rings (SSSR count). The summed E-state index contributed by atoms with van der Waals surface area (Å²) in [6, 6.07) is 30.5. The van der Waals surface area contributed by atoms with Gasteiger partial charge in [0.1, 0.15) is 0 Å². The number of hydrogen-bond acceptors (Lipinski definition) is 3. The molecular formula is C28H21NO3. The number of aromatic amines is 1. The number of ether oxygens (including phenoxy) is 1. The number of H-pyrrole nitrogens is 1. The lowest BCUT2D eigenvalue weighted by atomic mass is 9.99. The Morgan fingerprint density at radius 3 is 2.28 bits per heavy atom. The number of benzene rings is 4. The van der Waals surface area contributed by atoms with Crippen LogP contribution in [0.2, 0.25) is 0 Å². The van der Waals surface area contributed by atoms with Crippen molar-refractivity contribution in [1.82, 2.24) is 4.98 Å². The summed E-state index contributed by atoms with van der Waals surface area (Å²) >= 11 is 0. The molecule has 4 heteroatoms. The molecule has 1 N–H and O–H groups in total. The molecule has 1 heterocycles. The first kappa shape index (κ1) is 19.8. The van der Waals surface area contributed by atoms with Crippen molar-refractivity contribution >= 4 is 33.4 Å². The van der Waals surface area contributed by atoms with Crippen molar-refractivity contribution in [2.24, 2.45) is 0 Å². The van der Waals surface area contributed by atoms with Gasteiger partial charge >= 0.3 is 5.97 Å². The third kappa shape index (κ3) is 3.79. The SMILES string of the molecule is O=C(Cc1cccc2ccccc12)OC(C(=O)c1c[nH]c2ccccc12)c1ccccc1.